The predicted molar refractivity (Wildman–Crippen MR) is 157 cm³/mol. The van der Waals surface area contributed by atoms with E-state index in [9.17, 15) is 22.4 Å². The average Bonchev–Trinajstić information content (AvgIpc) is 3.25. The van der Waals surface area contributed by atoms with Crippen LogP contribution < -0.4 is 10.0 Å². The number of benzene rings is 4. The van der Waals surface area contributed by atoms with Crippen LogP contribution in [0.2, 0.25) is 0 Å². The highest BCUT2D eigenvalue weighted by Gasteiger charge is 2.24. The molecule has 0 unspecified atom stereocenters. The number of para-hydroxylation sites is 2. The molecule has 0 saturated carbocycles. The number of sulfonamides is 1. The number of halogens is 1. The van der Waals surface area contributed by atoms with Crippen molar-refractivity contribution in [2.24, 2.45) is 0 Å². The lowest BCUT2D eigenvalue weighted by atomic mass is 10.1. The first-order chi connectivity index (χ1) is 19.6. The zero-order valence-electron chi connectivity index (χ0n) is 22.6. The van der Waals surface area contributed by atoms with Crippen LogP contribution in [0.3, 0.4) is 0 Å². The highest BCUT2D eigenvalue weighted by atomic mass is 32.2. The lowest BCUT2D eigenvalue weighted by molar-refractivity contribution is -0.123. The number of nitrogens with zero attached hydrogens (tertiary/aromatic N) is 1. The van der Waals surface area contributed by atoms with E-state index in [0.717, 1.165) is 46.5 Å². The third-order valence-corrected chi connectivity index (χ3v) is 8.35. The first kappa shape index (κ1) is 27.9. The van der Waals surface area contributed by atoms with Gasteiger partial charge in [0, 0.05) is 34.0 Å². The van der Waals surface area contributed by atoms with Gasteiger partial charge in [-0.1, -0.05) is 30.3 Å². The molecule has 0 aliphatic heterocycles. The maximum Gasteiger partial charge on any atom is 0.341 e. The molecule has 1 heterocycles. The van der Waals surface area contributed by atoms with Crippen LogP contribution in [0.4, 0.5) is 15.8 Å². The highest BCUT2D eigenvalue weighted by molar-refractivity contribution is 7.92. The number of esters is 1. The van der Waals surface area contributed by atoms with Gasteiger partial charge in [-0.25, -0.2) is 17.6 Å². The third-order valence-electron chi connectivity index (χ3n) is 6.83. The molecule has 10 heteroatoms. The Morgan fingerprint density at radius 2 is 1.63 bits per heavy atom. The van der Waals surface area contributed by atoms with Crippen molar-refractivity contribution in [1.29, 1.82) is 0 Å². The van der Waals surface area contributed by atoms with E-state index in [2.05, 4.69) is 27.6 Å². The Morgan fingerprint density at radius 1 is 0.927 bits per heavy atom. The molecule has 5 aromatic rings. The number of carbonyl (C=O) groups excluding carboxylic acids is 2. The maximum absolute atomic E-state index is 13.5. The molecule has 0 bridgehead atoms. The summed E-state index contributed by atoms with van der Waals surface area (Å²) in [6.07, 6.45) is -1.18. The van der Waals surface area contributed by atoms with Crippen LogP contribution in [0.1, 0.15) is 29.8 Å². The van der Waals surface area contributed by atoms with Crippen molar-refractivity contribution in [2.75, 3.05) is 10.0 Å². The second-order valence-corrected chi connectivity index (χ2v) is 11.2. The number of carbonyl (C=O) groups is 2. The Labute approximate surface area is 236 Å². The van der Waals surface area contributed by atoms with Crippen molar-refractivity contribution in [3.05, 3.63) is 102 Å². The molecule has 4 aromatic carbocycles. The van der Waals surface area contributed by atoms with E-state index < -0.39 is 33.8 Å². The molecule has 1 aromatic heterocycles. The molecule has 8 nitrogen and oxygen atoms in total. The Morgan fingerprint density at radius 3 is 2.39 bits per heavy atom. The van der Waals surface area contributed by atoms with Crippen LogP contribution >= 0.6 is 0 Å². The largest absolute Gasteiger partial charge is 0.449 e. The number of anilines is 2. The molecule has 0 aliphatic carbocycles. The number of hydrogen-bond donors (Lipinski definition) is 2. The summed E-state index contributed by atoms with van der Waals surface area (Å²) in [7, 11) is -4.14. The molecule has 1 atom stereocenters. The average molecular weight is 574 g/mol. The van der Waals surface area contributed by atoms with Gasteiger partial charge >= 0.3 is 5.97 Å². The van der Waals surface area contributed by atoms with Gasteiger partial charge in [0.15, 0.2) is 6.10 Å². The molecule has 1 amide bonds. The number of rotatable bonds is 8. The molecule has 41 heavy (non-hydrogen) atoms. The van der Waals surface area contributed by atoms with Gasteiger partial charge in [0.1, 0.15) is 5.82 Å². The summed E-state index contributed by atoms with van der Waals surface area (Å²) in [6.45, 7) is 5.77. The van der Waals surface area contributed by atoms with Crippen LogP contribution in [0.15, 0.2) is 89.8 Å². The smallest absolute Gasteiger partial charge is 0.341 e. The molecule has 0 spiro atoms. The van der Waals surface area contributed by atoms with Gasteiger partial charge < -0.3 is 14.6 Å². The SMILES string of the molecule is CCn1c2ccccc2c2cc(NC(=O)[C@@H](C)OC(=O)c3ccccc3NS(=O)(=O)c3ccc(F)cc3C)ccc21. The topological polar surface area (TPSA) is 106 Å². The van der Waals surface area contributed by atoms with Crippen molar-refractivity contribution < 1.29 is 27.1 Å². The fourth-order valence-corrected chi connectivity index (χ4v) is 6.17. The minimum absolute atomic E-state index is 0.0356. The molecule has 0 fully saturated rings. The number of ether oxygens (including phenoxy) is 1. The Balaban J connectivity index is 1.32. The number of nitrogens with one attached hydrogen (secondary N) is 2. The Bertz CT molecular complexity index is 1920. The molecular formula is C31H28FN3O5S. The van der Waals surface area contributed by atoms with E-state index in [1.807, 2.05) is 30.3 Å². The van der Waals surface area contributed by atoms with Crippen molar-refractivity contribution in [2.45, 2.75) is 38.3 Å². The summed E-state index contributed by atoms with van der Waals surface area (Å²) in [4.78, 5) is 25.9. The Kier molecular flexibility index (Phi) is 7.51. The predicted octanol–water partition coefficient (Wildman–Crippen LogP) is 6.25. The zero-order chi connectivity index (χ0) is 29.3. The van der Waals surface area contributed by atoms with E-state index in [1.54, 1.807) is 18.2 Å². The third kappa shape index (κ3) is 5.51. The normalized spacial score (nSPS) is 12.3. The number of hydrogen-bond acceptors (Lipinski definition) is 5. The summed E-state index contributed by atoms with van der Waals surface area (Å²) in [5.41, 5.74) is 2.78. The van der Waals surface area contributed by atoms with Gasteiger partial charge in [0.25, 0.3) is 15.9 Å². The van der Waals surface area contributed by atoms with Gasteiger partial charge in [-0.15, -0.1) is 0 Å². The molecule has 5 rings (SSSR count). The summed E-state index contributed by atoms with van der Waals surface area (Å²) in [5.74, 6) is -1.99. The second kappa shape index (κ2) is 11.1. The van der Waals surface area contributed by atoms with E-state index in [-0.39, 0.29) is 21.7 Å². The fourth-order valence-electron chi connectivity index (χ4n) is 4.86. The zero-order valence-corrected chi connectivity index (χ0v) is 23.5. The van der Waals surface area contributed by atoms with E-state index in [1.165, 1.54) is 26.0 Å². The number of aryl methyl sites for hydroxylation is 2. The number of aromatic nitrogens is 1. The van der Waals surface area contributed by atoms with Gasteiger partial charge in [0.05, 0.1) is 16.1 Å². The van der Waals surface area contributed by atoms with Gasteiger partial charge in [-0.05, 0) is 80.9 Å². The number of amides is 1. The molecule has 2 N–H and O–H groups in total. The quantitative estimate of drug-likeness (QED) is 0.214. The molecular weight excluding hydrogens is 545 g/mol. The summed E-state index contributed by atoms with van der Waals surface area (Å²) < 4.78 is 49.4. The highest BCUT2D eigenvalue weighted by Crippen LogP contribution is 2.31. The lowest BCUT2D eigenvalue weighted by Gasteiger charge is -2.16. The molecule has 0 radical (unpaired) electrons. The number of fused-ring (bicyclic) bond motifs is 3. The van der Waals surface area contributed by atoms with Gasteiger partial charge in [-0.3, -0.25) is 9.52 Å². The maximum atomic E-state index is 13.5. The monoisotopic (exact) mass is 573 g/mol. The minimum atomic E-state index is -4.14. The Hall–Kier alpha value is -4.70. The van der Waals surface area contributed by atoms with Crippen molar-refractivity contribution >= 4 is 55.1 Å². The minimum Gasteiger partial charge on any atom is -0.449 e. The van der Waals surface area contributed by atoms with Crippen molar-refractivity contribution in [3.8, 4) is 0 Å². The van der Waals surface area contributed by atoms with Crippen molar-refractivity contribution in [3.63, 3.8) is 0 Å². The van der Waals surface area contributed by atoms with Crippen molar-refractivity contribution in [1.82, 2.24) is 4.57 Å². The fraction of sp³-hybridized carbons (Fsp3) is 0.161. The van der Waals surface area contributed by atoms with Crippen LogP contribution in [0.25, 0.3) is 21.8 Å². The summed E-state index contributed by atoms with van der Waals surface area (Å²) in [5, 5.41) is 4.85. The summed E-state index contributed by atoms with van der Waals surface area (Å²) in [6, 6.07) is 22.8. The molecule has 210 valence electrons. The standard InChI is InChI=1S/C31H28FN3O5S/c1-4-35-27-12-8-6-9-23(27)25-18-22(14-15-28(25)35)33-30(36)20(3)40-31(37)24-10-5-7-11-26(24)34-41(38,39)29-16-13-21(32)17-19(29)2/h5-18,20,34H,4H2,1-3H3,(H,33,36)/t20-/m1/s1. The first-order valence-electron chi connectivity index (χ1n) is 13.0. The first-order valence-corrected chi connectivity index (χ1v) is 14.5. The second-order valence-electron chi connectivity index (χ2n) is 9.59. The van der Waals surface area contributed by atoms with E-state index in [0.29, 0.717) is 5.69 Å². The molecule has 0 aliphatic rings. The van der Waals surface area contributed by atoms with Gasteiger partial charge in [0.2, 0.25) is 0 Å². The van der Waals surface area contributed by atoms with Gasteiger partial charge in [-0.2, -0.15) is 0 Å². The molecule has 0 saturated heterocycles. The van der Waals surface area contributed by atoms with E-state index in [4.69, 9.17) is 4.74 Å². The lowest BCUT2D eigenvalue weighted by Crippen LogP contribution is -2.30. The van der Waals surface area contributed by atoms with E-state index >= 15 is 0 Å². The van der Waals surface area contributed by atoms with Crippen LogP contribution in [-0.4, -0.2) is 31.0 Å². The van der Waals surface area contributed by atoms with Crippen LogP contribution in [0, 0.1) is 12.7 Å². The summed E-state index contributed by atoms with van der Waals surface area (Å²) >= 11 is 0. The van der Waals surface area contributed by atoms with Crippen LogP contribution in [0.5, 0.6) is 0 Å². The van der Waals surface area contributed by atoms with Crippen LogP contribution in [-0.2, 0) is 26.1 Å².